The molecule has 0 N–H and O–H groups in total. The third kappa shape index (κ3) is 3.51. The fourth-order valence-corrected chi connectivity index (χ4v) is 0.975. The van der Waals surface area contributed by atoms with Crippen LogP contribution in [0.15, 0.2) is 30.3 Å². The maximum atomic E-state index is 4.88. The summed E-state index contributed by atoms with van der Waals surface area (Å²) < 4.78 is 0. The predicted octanol–water partition coefficient (Wildman–Crippen LogP) is 1.78. The monoisotopic (exact) mass is 164 g/mol. The van der Waals surface area contributed by atoms with Crippen LogP contribution in [0.4, 0.5) is 0 Å². The molecule has 0 aromatic heterocycles. The van der Waals surface area contributed by atoms with Crippen molar-refractivity contribution in [2.45, 2.75) is 13.3 Å². The molecule has 0 aliphatic carbocycles. The number of hydroxylamine groups is 1. The van der Waals surface area contributed by atoms with Gasteiger partial charge in [0.15, 0.2) is 0 Å². The highest BCUT2D eigenvalue weighted by Gasteiger charge is 1.91. The quantitative estimate of drug-likeness (QED) is 0.480. The van der Waals surface area contributed by atoms with E-state index in [2.05, 4.69) is 17.6 Å². The number of hydrogen-bond acceptors (Lipinski definition) is 1. The number of benzene rings is 1. The predicted molar refractivity (Wildman–Crippen MR) is 48.8 cm³/mol. The van der Waals surface area contributed by atoms with Crippen LogP contribution < -0.4 is 5.48 Å². The van der Waals surface area contributed by atoms with E-state index in [1.807, 2.05) is 25.1 Å². The van der Waals surface area contributed by atoms with Crippen molar-refractivity contribution in [3.05, 3.63) is 35.9 Å². The van der Waals surface area contributed by atoms with Crippen molar-refractivity contribution < 1.29 is 4.84 Å². The zero-order valence-electron chi connectivity index (χ0n) is 7.36. The summed E-state index contributed by atoms with van der Waals surface area (Å²) in [6.07, 6.45) is 0.959. The van der Waals surface area contributed by atoms with Crippen molar-refractivity contribution in [1.29, 1.82) is 0 Å². The van der Waals surface area contributed by atoms with Gasteiger partial charge in [-0.05, 0) is 18.9 Å². The lowest BCUT2D eigenvalue weighted by Gasteiger charge is -2.00. The molecule has 0 unspecified atom stereocenters. The number of rotatable bonds is 5. The van der Waals surface area contributed by atoms with E-state index in [-0.39, 0.29) is 0 Å². The Morgan fingerprint density at radius 1 is 1.25 bits per heavy atom. The highest BCUT2D eigenvalue weighted by atomic mass is 16.6. The first-order chi connectivity index (χ1) is 5.93. The Balaban J connectivity index is 2.16. The van der Waals surface area contributed by atoms with Crippen LogP contribution in [-0.2, 0) is 11.3 Å². The van der Waals surface area contributed by atoms with Gasteiger partial charge in [-0.1, -0.05) is 35.8 Å². The van der Waals surface area contributed by atoms with Crippen LogP contribution in [0.3, 0.4) is 0 Å². The molecule has 0 amide bonds. The molecule has 0 aliphatic heterocycles. The standard InChI is InChI=1S/C10H14NO/c1-2-12-11-9-8-10-6-4-3-5-7-10/h3-7H,2,8-9H2,1H3. The van der Waals surface area contributed by atoms with Crippen LogP contribution in [0.5, 0.6) is 0 Å². The first-order valence-electron chi connectivity index (χ1n) is 4.26. The van der Waals surface area contributed by atoms with Gasteiger partial charge in [0.25, 0.3) is 0 Å². The average molecular weight is 164 g/mol. The molecule has 1 radical (unpaired) electrons. The van der Waals surface area contributed by atoms with E-state index in [9.17, 15) is 0 Å². The lowest BCUT2D eigenvalue weighted by molar-refractivity contribution is 0.0434. The molecule has 12 heavy (non-hydrogen) atoms. The van der Waals surface area contributed by atoms with E-state index in [1.54, 1.807) is 0 Å². The van der Waals surface area contributed by atoms with Crippen molar-refractivity contribution in [3.63, 3.8) is 0 Å². The van der Waals surface area contributed by atoms with Crippen molar-refractivity contribution in [1.82, 2.24) is 5.48 Å². The summed E-state index contributed by atoms with van der Waals surface area (Å²) in [6.45, 7) is 3.35. The van der Waals surface area contributed by atoms with Gasteiger partial charge in [0.1, 0.15) is 0 Å². The Kier molecular flexibility index (Phi) is 4.42. The summed E-state index contributed by atoms with van der Waals surface area (Å²) in [5.74, 6) is 0. The molecular formula is C10H14NO. The molecule has 0 fully saturated rings. The first kappa shape index (κ1) is 9.23. The maximum absolute atomic E-state index is 4.88. The number of hydrogen-bond donors (Lipinski definition) is 0. The van der Waals surface area contributed by atoms with Gasteiger partial charge in [-0.15, -0.1) is 0 Å². The lowest BCUT2D eigenvalue weighted by atomic mass is 10.2. The summed E-state index contributed by atoms with van der Waals surface area (Å²) in [5, 5.41) is 0. The summed E-state index contributed by atoms with van der Waals surface area (Å²) in [6, 6.07) is 10.3. The van der Waals surface area contributed by atoms with Gasteiger partial charge in [-0.2, -0.15) is 0 Å². The minimum Gasteiger partial charge on any atom is -0.282 e. The zero-order valence-corrected chi connectivity index (χ0v) is 7.36. The van der Waals surface area contributed by atoms with Crippen LogP contribution in [-0.4, -0.2) is 13.2 Å². The van der Waals surface area contributed by atoms with E-state index < -0.39 is 0 Å². The fraction of sp³-hybridized carbons (Fsp3) is 0.400. The molecule has 0 atom stereocenters. The van der Waals surface area contributed by atoms with Crippen molar-refractivity contribution in [3.8, 4) is 0 Å². The molecular weight excluding hydrogens is 150 g/mol. The summed E-state index contributed by atoms with van der Waals surface area (Å²) in [7, 11) is 0. The summed E-state index contributed by atoms with van der Waals surface area (Å²) in [5.41, 5.74) is 5.19. The summed E-state index contributed by atoms with van der Waals surface area (Å²) >= 11 is 0. The second-order valence-electron chi connectivity index (χ2n) is 2.51. The minimum atomic E-state index is 0.661. The van der Waals surface area contributed by atoms with Crippen LogP contribution in [0.25, 0.3) is 0 Å². The molecule has 2 heteroatoms. The second kappa shape index (κ2) is 5.75. The Hall–Kier alpha value is -0.860. The number of nitrogens with zero attached hydrogens (tertiary/aromatic N) is 1. The molecule has 1 aromatic carbocycles. The van der Waals surface area contributed by atoms with E-state index in [0.29, 0.717) is 6.61 Å². The highest BCUT2D eigenvalue weighted by Crippen LogP contribution is 1.98. The van der Waals surface area contributed by atoms with Crippen LogP contribution in [0.2, 0.25) is 0 Å². The van der Waals surface area contributed by atoms with E-state index in [1.165, 1.54) is 5.56 Å². The second-order valence-corrected chi connectivity index (χ2v) is 2.51. The van der Waals surface area contributed by atoms with Crippen LogP contribution in [0.1, 0.15) is 12.5 Å². The molecule has 1 aromatic rings. The Morgan fingerprint density at radius 3 is 2.67 bits per heavy atom. The van der Waals surface area contributed by atoms with Crippen LogP contribution >= 0.6 is 0 Å². The normalized spacial score (nSPS) is 10.1. The topological polar surface area (TPSA) is 23.3 Å². The van der Waals surface area contributed by atoms with Gasteiger partial charge in [0.2, 0.25) is 0 Å². The molecule has 0 saturated carbocycles. The SMILES string of the molecule is CCO[N]CCc1ccccc1. The average Bonchev–Trinajstić information content (AvgIpc) is 2.14. The third-order valence-corrected chi connectivity index (χ3v) is 1.55. The van der Waals surface area contributed by atoms with Gasteiger partial charge >= 0.3 is 0 Å². The van der Waals surface area contributed by atoms with Gasteiger partial charge in [-0.25, -0.2) is 0 Å². The Bertz CT molecular complexity index is 198. The van der Waals surface area contributed by atoms with E-state index >= 15 is 0 Å². The smallest absolute Gasteiger partial charge is 0.0674 e. The highest BCUT2D eigenvalue weighted by molar-refractivity contribution is 5.14. The Labute approximate surface area is 73.5 Å². The van der Waals surface area contributed by atoms with Crippen LogP contribution in [0, 0.1) is 0 Å². The molecule has 0 bridgehead atoms. The maximum Gasteiger partial charge on any atom is 0.0674 e. The molecule has 1 rings (SSSR count). The molecule has 2 nitrogen and oxygen atoms in total. The zero-order chi connectivity index (χ0) is 8.65. The van der Waals surface area contributed by atoms with Crippen molar-refractivity contribution >= 4 is 0 Å². The largest absolute Gasteiger partial charge is 0.282 e. The van der Waals surface area contributed by atoms with Gasteiger partial charge in [-0.3, -0.25) is 4.84 Å². The molecule has 65 valence electrons. The van der Waals surface area contributed by atoms with Gasteiger partial charge < -0.3 is 0 Å². The molecule has 0 spiro atoms. The van der Waals surface area contributed by atoms with Crippen molar-refractivity contribution in [2.24, 2.45) is 0 Å². The van der Waals surface area contributed by atoms with E-state index in [0.717, 1.165) is 13.0 Å². The first-order valence-corrected chi connectivity index (χ1v) is 4.26. The van der Waals surface area contributed by atoms with Crippen molar-refractivity contribution in [2.75, 3.05) is 13.2 Å². The lowest BCUT2D eigenvalue weighted by Crippen LogP contribution is -2.09. The minimum absolute atomic E-state index is 0.661. The third-order valence-electron chi connectivity index (χ3n) is 1.55. The van der Waals surface area contributed by atoms with E-state index in [4.69, 9.17) is 4.84 Å². The fourth-order valence-electron chi connectivity index (χ4n) is 0.975. The Morgan fingerprint density at radius 2 is 2.00 bits per heavy atom. The molecule has 0 saturated heterocycles. The molecule has 0 heterocycles. The summed E-state index contributed by atoms with van der Waals surface area (Å²) in [4.78, 5) is 4.88. The van der Waals surface area contributed by atoms with Gasteiger partial charge in [0.05, 0.1) is 6.61 Å². The van der Waals surface area contributed by atoms with Gasteiger partial charge in [0, 0.05) is 6.54 Å². The molecule has 0 aliphatic rings.